The van der Waals surface area contributed by atoms with Crippen molar-refractivity contribution in [1.82, 2.24) is 9.38 Å². The van der Waals surface area contributed by atoms with E-state index in [0.717, 1.165) is 24.1 Å². The summed E-state index contributed by atoms with van der Waals surface area (Å²) in [6.07, 6.45) is 9.22. The second kappa shape index (κ2) is 9.31. The molecular formula is C22H26FN3O. The SMILES string of the molecule is CCCCCCCCC(=O)Nc1c(-c2ccc(F)cc2)nc2ccccn12. The van der Waals surface area contributed by atoms with Gasteiger partial charge in [0.2, 0.25) is 5.91 Å². The minimum Gasteiger partial charge on any atom is -0.310 e. The molecule has 0 atom stereocenters. The van der Waals surface area contributed by atoms with Crippen molar-refractivity contribution < 1.29 is 9.18 Å². The summed E-state index contributed by atoms with van der Waals surface area (Å²) < 4.78 is 15.1. The number of hydrogen-bond acceptors (Lipinski definition) is 2. The Hall–Kier alpha value is -2.69. The average molecular weight is 367 g/mol. The lowest BCUT2D eigenvalue weighted by atomic mass is 10.1. The molecule has 1 aromatic carbocycles. The van der Waals surface area contributed by atoms with Crippen molar-refractivity contribution >= 4 is 17.4 Å². The van der Waals surface area contributed by atoms with Crippen LogP contribution in [0.5, 0.6) is 0 Å². The molecule has 5 heteroatoms. The number of nitrogens with zero attached hydrogens (tertiary/aromatic N) is 2. The number of fused-ring (bicyclic) bond motifs is 1. The molecule has 0 spiro atoms. The van der Waals surface area contributed by atoms with Crippen molar-refractivity contribution in [2.45, 2.75) is 51.9 Å². The third-order valence-corrected chi connectivity index (χ3v) is 4.66. The number of aromatic nitrogens is 2. The monoisotopic (exact) mass is 367 g/mol. The third kappa shape index (κ3) is 4.94. The first-order valence-corrected chi connectivity index (χ1v) is 9.72. The van der Waals surface area contributed by atoms with Crippen molar-refractivity contribution in [1.29, 1.82) is 0 Å². The maximum Gasteiger partial charge on any atom is 0.225 e. The number of rotatable bonds is 9. The number of nitrogens with one attached hydrogen (secondary N) is 1. The van der Waals surface area contributed by atoms with E-state index in [0.29, 0.717) is 17.9 Å². The highest BCUT2D eigenvalue weighted by molar-refractivity contribution is 5.94. The van der Waals surface area contributed by atoms with Crippen molar-refractivity contribution in [3.05, 3.63) is 54.5 Å². The number of benzene rings is 1. The molecular weight excluding hydrogens is 341 g/mol. The Morgan fingerprint density at radius 3 is 2.56 bits per heavy atom. The summed E-state index contributed by atoms with van der Waals surface area (Å²) in [5, 5.41) is 3.02. The molecule has 3 rings (SSSR count). The molecule has 3 aromatic rings. The largest absolute Gasteiger partial charge is 0.310 e. The maximum atomic E-state index is 13.3. The van der Waals surface area contributed by atoms with Gasteiger partial charge in [0, 0.05) is 18.2 Å². The van der Waals surface area contributed by atoms with Crippen LogP contribution in [-0.2, 0) is 4.79 Å². The molecule has 0 fully saturated rings. The van der Waals surface area contributed by atoms with Gasteiger partial charge >= 0.3 is 0 Å². The highest BCUT2D eigenvalue weighted by atomic mass is 19.1. The number of unbranched alkanes of at least 4 members (excludes halogenated alkanes) is 5. The van der Waals surface area contributed by atoms with Gasteiger partial charge in [-0.2, -0.15) is 0 Å². The molecule has 0 aliphatic rings. The number of anilines is 1. The van der Waals surface area contributed by atoms with Crippen LogP contribution < -0.4 is 5.32 Å². The first-order valence-electron chi connectivity index (χ1n) is 9.72. The molecule has 1 N–H and O–H groups in total. The summed E-state index contributed by atoms with van der Waals surface area (Å²) in [5.74, 6) is 0.323. The molecule has 2 heterocycles. The van der Waals surface area contributed by atoms with Crippen LogP contribution in [0.1, 0.15) is 51.9 Å². The van der Waals surface area contributed by atoms with E-state index in [-0.39, 0.29) is 11.7 Å². The number of halogens is 1. The van der Waals surface area contributed by atoms with Crippen molar-refractivity contribution in [2.24, 2.45) is 0 Å². The second-order valence-corrected chi connectivity index (χ2v) is 6.81. The van der Waals surface area contributed by atoms with Crippen LogP contribution in [0.15, 0.2) is 48.7 Å². The van der Waals surface area contributed by atoms with E-state index >= 15 is 0 Å². The molecule has 0 saturated heterocycles. The van der Waals surface area contributed by atoms with Gasteiger partial charge in [0.15, 0.2) is 0 Å². The van der Waals surface area contributed by atoms with Gasteiger partial charge < -0.3 is 5.32 Å². The van der Waals surface area contributed by atoms with Crippen LogP contribution in [0.25, 0.3) is 16.9 Å². The van der Waals surface area contributed by atoms with E-state index < -0.39 is 0 Å². The lowest BCUT2D eigenvalue weighted by Gasteiger charge is -2.08. The van der Waals surface area contributed by atoms with Gasteiger partial charge in [-0.25, -0.2) is 9.37 Å². The summed E-state index contributed by atoms with van der Waals surface area (Å²) in [4.78, 5) is 17.1. The van der Waals surface area contributed by atoms with Gasteiger partial charge in [-0.05, 0) is 42.8 Å². The molecule has 0 saturated carbocycles. The smallest absolute Gasteiger partial charge is 0.225 e. The van der Waals surface area contributed by atoms with Crippen molar-refractivity contribution in [3.8, 4) is 11.3 Å². The lowest BCUT2D eigenvalue weighted by Crippen LogP contribution is -2.13. The molecule has 0 unspecified atom stereocenters. The normalized spacial score (nSPS) is 11.0. The maximum absolute atomic E-state index is 13.3. The van der Waals surface area contributed by atoms with E-state index in [9.17, 15) is 9.18 Å². The number of imidazole rings is 1. The van der Waals surface area contributed by atoms with Gasteiger partial charge in [0.05, 0.1) is 0 Å². The van der Waals surface area contributed by atoms with Crippen LogP contribution >= 0.6 is 0 Å². The zero-order valence-electron chi connectivity index (χ0n) is 15.7. The third-order valence-electron chi connectivity index (χ3n) is 4.66. The number of hydrogen-bond donors (Lipinski definition) is 1. The molecule has 0 radical (unpaired) electrons. The zero-order chi connectivity index (χ0) is 19.1. The highest BCUT2D eigenvalue weighted by Crippen LogP contribution is 2.29. The standard InChI is InChI=1S/C22H26FN3O/c1-2-3-4-5-6-7-11-20(27)25-22-21(17-12-14-18(23)15-13-17)24-19-10-8-9-16-26(19)22/h8-10,12-16H,2-7,11H2,1H3,(H,25,27). The lowest BCUT2D eigenvalue weighted by molar-refractivity contribution is -0.116. The van der Waals surface area contributed by atoms with Gasteiger partial charge in [0.1, 0.15) is 23.0 Å². The number of carbonyl (C=O) groups is 1. The Kier molecular flexibility index (Phi) is 6.58. The van der Waals surface area contributed by atoms with Crippen LogP contribution in [0, 0.1) is 5.82 Å². The van der Waals surface area contributed by atoms with Crippen LogP contribution in [-0.4, -0.2) is 15.3 Å². The number of amides is 1. The molecule has 0 bridgehead atoms. The Labute approximate surface area is 159 Å². The summed E-state index contributed by atoms with van der Waals surface area (Å²) in [5.41, 5.74) is 2.17. The fourth-order valence-electron chi connectivity index (χ4n) is 3.18. The topological polar surface area (TPSA) is 46.4 Å². The molecule has 4 nitrogen and oxygen atoms in total. The van der Waals surface area contributed by atoms with Crippen LogP contribution in [0.2, 0.25) is 0 Å². The van der Waals surface area contributed by atoms with Crippen LogP contribution in [0.3, 0.4) is 0 Å². The molecule has 142 valence electrons. The quantitative estimate of drug-likeness (QED) is 0.484. The summed E-state index contributed by atoms with van der Waals surface area (Å²) in [6, 6.07) is 11.9. The van der Waals surface area contributed by atoms with Crippen molar-refractivity contribution in [2.75, 3.05) is 5.32 Å². The molecule has 27 heavy (non-hydrogen) atoms. The van der Waals surface area contributed by atoms with Crippen molar-refractivity contribution in [3.63, 3.8) is 0 Å². The molecule has 1 amide bonds. The molecule has 0 aliphatic heterocycles. The Morgan fingerprint density at radius 1 is 1.04 bits per heavy atom. The Bertz CT molecular complexity index is 886. The average Bonchev–Trinajstić information content (AvgIpc) is 3.04. The van der Waals surface area contributed by atoms with Gasteiger partial charge in [-0.15, -0.1) is 0 Å². The summed E-state index contributed by atoms with van der Waals surface area (Å²) in [6.45, 7) is 2.20. The fourth-order valence-corrected chi connectivity index (χ4v) is 3.18. The summed E-state index contributed by atoms with van der Waals surface area (Å²) in [7, 11) is 0. The highest BCUT2D eigenvalue weighted by Gasteiger charge is 2.16. The molecule has 2 aromatic heterocycles. The second-order valence-electron chi connectivity index (χ2n) is 6.81. The molecule has 0 aliphatic carbocycles. The number of carbonyl (C=O) groups excluding carboxylic acids is 1. The Balaban J connectivity index is 1.73. The first kappa shape index (κ1) is 19.1. The minimum atomic E-state index is -0.295. The predicted molar refractivity (Wildman–Crippen MR) is 107 cm³/mol. The van der Waals surface area contributed by atoms with E-state index in [1.165, 1.54) is 37.8 Å². The predicted octanol–water partition coefficient (Wildman–Crippen LogP) is 5.83. The van der Waals surface area contributed by atoms with Gasteiger partial charge in [0.25, 0.3) is 0 Å². The minimum absolute atomic E-state index is 0.0143. The van der Waals surface area contributed by atoms with Gasteiger partial charge in [-0.3, -0.25) is 9.20 Å². The van der Waals surface area contributed by atoms with E-state index in [2.05, 4.69) is 17.2 Å². The van der Waals surface area contributed by atoms with E-state index in [1.54, 1.807) is 12.1 Å². The zero-order valence-corrected chi connectivity index (χ0v) is 15.7. The Morgan fingerprint density at radius 2 is 1.78 bits per heavy atom. The summed E-state index contributed by atoms with van der Waals surface area (Å²) >= 11 is 0. The van der Waals surface area contributed by atoms with E-state index in [1.807, 2.05) is 28.8 Å². The van der Waals surface area contributed by atoms with Crippen LogP contribution in [0.4, 0.5) is 10.2 Å². The number of pyridine rings is 1. The van der Waals surface area contributed by atoms with Gasteiger partial charge in [-0.1, -0.05) is 45.1 Å². The first-order chi connectivity index (χ1) is 13.2. The van der Waals surface area contributed by atoms with E-state index in [4.69, 9.17) is 0 Å². The fraction of sp³-hybridized carbons (Fsp3) is 0.364.